The van der Waals surface area contributed by atoms with E-state index < -0.39 is 19.6 Å². The van der Waals surface area contributed by atoms with Crippen LogP contribution in [0.4, 0.5) is 4.79 Å². The number of ether oxygens (including phenoxy) is 1. The molecule has 3 atom stereocenters. The van der Waals surface area contributed by atoms with Gasteiger partial charge in [-0.05, 0) is 58.3 Å². The summed E-state index contributed by atoms with van der Waals surface area (Å²) in [7, 11) is -2.04. The maximum Gasteiger partial charge on any atom is 0.411 e. The number of nitrogens with one attached hydrogen (secondary N) is 1. The van der Waals surface area contributed by atoms with Gasteiger partial charge in [0.05, 0.1) is 28.2 Å². The third-order valence-corrected chi connectivity index (χ3v) is 13.1. The van der Waals surface area contributed by atoms with Crippen LogP contribution in [0.25, 0.3) is 10.4 Å². The molecule has 0 saturated carbocycles. The fourth-order valence-electron chi connectivity index (χ4n) is 4.46. The molecule has 0 aliphatic carbocycles. The third-order valence-electron chi connectivity index (χ3n) is 7.59. The fourth-order valence-corrected chi connectivity index (χ4v) is 6.63. The van der Waals surface area contributed by atoms with Crippen LogP contribution in [0.2, 0.25) is 18.1 Å². The lowest BCUT2D eigenvalue weighted by Gasteiger charge is -2.38. The molecule has 2 aliphatic rings. The Hall–Kier alpha value is -2.27. The van der Waals surface area contributed by atoms with Gasteiger partial charge in [0.1, 0.15) is 11.4 Å². The highest BCUT2D eigenvalue weighted by Crippen LogP contribution is 2.40. The van der Waals surface area contributed by atoms with Crippen LogP contribution in [0.1, 0.15) is 66.1 Å². The quantitative estimate of drug-likeness (QED) is 0.415. The van der Waals surface area contributed by atoms with E-state index in [1.807, 2.05) is 52.3 Å². The number of rotatable bonds is 5. The number of aromatic nitrogens is 1. The molecule has 8 nitrogen and oxygen atoms in total. The van der Waals surface area contributed by atoms with Crippen molar-refractivity contribution >= 4 is 31.6 Å². The number of hydrogen-bond donors (Lipinski definition) is 1. The van der Waals surface area contributed by atoms with Crippen LogP contribution in [-0.2, 0) is 19.7 Å². The van der Waals surface area contributed by atoms with Gasteiger partial charge in [-0.25, -0.2) is 25.1 Å². The second-order valence-electron chi connectivity index (χ2n) is 12.9. The highest BCUT2D eigenvalue weighted by molar-refractivity contribution is 7.13. The molecule has 0 bridgehead atoms. The molecule has 3 heterocycles. The minimum absolute atomic E-state index is 0.0660. The van der Waals surface area contributed by atoms with Gasteiger partial charge in [-0.15, -0.1) is 11.3 Å². The predicted molar refractivity (Wildman–Crippen MR) is 155 cm³/mol. The molecule has 1 unspecified atom stereocenters. The molecule has 0 spiro atoms. The van der Waals surface area contributed by atoms with Crippen LogP contribution in [-0.4, -0.2) is 54.4 Å². The minimum atomic E-state index is -2.04. The molecule has 2 aromatic rings. The summed E-state index contributed by atoms with van der Waals surface area (Å²) < 4.78 is 12.5. The summed E-state index contributed by atoms with van der Waals surface area (Å²) in [5.74, 6) is 0.613. The summed E-state index contributed by atoms with van der Waals surface area (Å²) in [5.41, 5.74) is 6.44. The highest BCUT2D eigenvalue weighted by atomic mass is 32.1. The smallest absolute Gasteiger partial charge is 0.411 e. The number of amides is 1. The molecule has 1 saturated heterocycles. The van der Waals surface area contributed by atoms with Crippen molar-refractivity contribution in [2.24, 2.45) is 4.99 Å². The Kier molecular flexibility index (Phi) is 7.59. The number of carbonyl (C=O) groups excluding carboxylic acids is 1. The van der Waals surface area contributed by atoms with Crippen molar-refractivity contribution in [3.05, 3.63) is 41.0 Å². The van der Waals surface area contributed by atoms with Gasteiger partial charge in [-0.3, -0.25) is 4.90 Å². The molecule has 208 valence electrons. The molecule has 2 aliphatic heterocycles. The van der Waals surface area contributed by atoms with E-state index in [1.54, 1.807) is 16.2 Å². The summed E-state index contributed by atoms with van der Waals surface area (Å²) in [4.78, 5) is 31.5. The van der Waals surface area contributed by atoms with Crippen LogP contribution in [0, 0.1) is 6.92 Å². The van der Waals surface area contributed by atoms with Gasteiger partial charge in [-0.1, -0.05) is 45.0 Å². The number of benzene rings is 1. The Morgan fingerprint density at radius 2 is 1.84 bits per heavy atom. The molecule has 0 radical (unpaired) electrons. The first-order chi connectivity index (χ1) is 17.5. The van der Waals surface area contributed by atoms with E-state index in [0.29, 0.717) is 18.8 Å². The van der Waals surface area contributed by atoms with Crippen molar-refractivity contribution in [2.75, 3.05) is 6.54 Å². The number of hydrogen-bond acceptors (Lipinski definition) is 8. The van der Waals surface area contributed by atoms with Crippen molar-refractivity contribution in [3.63, 3.8) is 0 Å². The molecule has 38 heavy (non-hydrogen) atoms. The molecular formula is C28H42N4O4SSi. The minimum Gasteiger partial charge on any atom is -0.444 e. The van der Waals surface area contributed by atoms with E-state index in [0.717, 1.165) is 21.7 Å². The number of nitrogens with zero attached hydrogens (tertiary/aromatic N) is 3. The maximum absolute atomic E-state index is 13.3. The van der Waals surface area contributed by atoms with Gasteiger partial charge < -0.3 is 9.16 Å². The second kappa shape index (κ2) is 10.0. The normalized spacial score (nSPS) is 24.4. The van der Waals surface area contributed by atoms with E-state index in [9.17, 15) is 4.79 Å². The summed E-state index contributed by atoms with van der Waals surface area (Å²) in [6.07, 6.45) is 0.151. The van der Waals surface area contributed by atoms with Gasteiger partial charge >= 0.3 is 6.09 Å². The van der Waals surface area contributed by atoms with Crippen molar-refractivity contribution in [3.8, 4) is 10.4 Å². The Morgan fingerprint density at radius 1 is 1.18 bits per heavy atom. The Bertz CT molecular complexity index is 1200. The topological polar surface area (TPSA) is 85.3 Å². The lowest BCUT2D eigenvalue weighted by Crippen LogP contribution is -2.46. The summed E-state index contributed by atoms with van der Waals surface area (Å²) in [6.45, 7) is 21.2. The highest BCUT2D eigenvalue weighted by Gasteiger charge is 2.48. The number of hydroxylamine groups is 1. The first-order valence-corrected chi connectivity index (χ1v) is 17.0. The second-order valence-corrected chi connectivity index (χ2v) is 18.5. The predicted octanol–water partition coefficient (Wildman–Crippen LogP) is 6.62. The Balaban J connectivity index is 1.59. The number of thiazole rings is 1. The monoisotopic (exact) mass is 558 g/mol. The number of aryl methyl sites for hydroxylation is 1. The van der Waals surface area contributed by atoms with E-state index in [1.165, 1.54) is 0 Å². The summed E-state index contributed by atoms with van der Waals surface area (Å²) in [5, 5.41) is 0.0660. The van der Waals surface area contributed by atoms with Gasteiger partial charge in [0.2, 0.25) is 5.72 Å². The maximum atomic E-state index is 13.3. The molecule has 4 rings (SSSR count). The number of amidine groups is 1. The molecule has 1 aromatic carbocycles. The average Bonchev–Trinajstić information content (AvgIpc) is 3.50. The van der Waals surface area contributed by atoms with Gasteiger partial charge in [0.25, 0.3) is 0 Å². The lowest BCUT2D eigenvalue weighted by atomic mass is 10.0. The van der Waals surface area contributed by atoms with Gasteiger partial charge in [0, 0.05) is 18.5 Å². The van der Waals surface area contributed by atoms with E-state index in [4.69, 9.17) is 19.0 Å². The number of likely N-dealkylation sites (tertiary alicyclic amines) is 1. The Labute approximate surface area is 231 Å². The van der Waals surface area contributed by atoms with Crippen LogP contribution < -0.4 is 5.48 Å². The zero-order valence-corrected chi connectivity index (χ0v) is 26.2. The van der Waals surface area contributed by atoms with Crippen molar-refractivity contribution in [1.82, 2.24) is 15.4 Å². The standard InChI is InChI=1S/C28H42N4O4SSi/c1-18-23(37-17-29-18)19-11-13-20(14-12-19)28(8)30-24(31-36-28)22-15-21(35-38(9,10)27(5,6)7)16-32(22)25(33)34-26(2,3)4/h11-14,17,21-22H,15-16H2,1-10H3,(H,30,31)/t21-,22+,28?/m1/s1. The lowest BCUT2D eigenvalue weighted by molar-refractivity contribution is -0.0462. The van der Waals surface area contributed by atoms with Gasteiger partial charge in [0.15, 0.2) is 8.32 Å². The first-order valence-electron chi connectivity index (χ1n) is 13.2. The SMILES string of the molecule is Cc1ncsc1-c1ccc(C2(C)N=C([C@@H]3C[C@@H](O[Si](C)(C)C(C)(C)C)CN3C(=O)OC(C)(C)C)NO2)cc1. The Morgan fingerprint density at radius 3 is 2.39 bits per heavy atom. The molecule has 1 N–H and O–H groups in total. The zero-order valence-electron chi connectivity index (χ0n) is 24.3. The fraction of sp³-hybridized carbons (Fsp3) is 0.607. The van der Waals surface area contributed by atoms with E-state index in [2.05, 4.69) is 56.5 Å². The van der Waals surface area contributed by atoms with Gasteiger partial charge in [-0.2, -0.15) is 0 Å². The molecule has 1 amide bonds. The molecule has 10 heteroatoms. The zero-order chi connectivity index (χ0) is 28.1. The molecule has 1 aromatic heterocycles. The van der Waals surface area contributed by atoms with Crippen LogP contribution in [0.5, 0.6) is 0 Å². The van der Waals surface area contributed by atoms with E-state index in [-0.39, 0.29) is 23.3 Å². The number of carbonyl (C=O) groups is 1. The summed E-state index contributed by atoms with van der Waals surface area (Å²) in [6, 6.07) is 7.88. The molecular weight excluding hydrogens is 516 g/mol. The van der Waals surface area contributed by atoms with Crippen LogP contribution >= 0.6 is 11.3 Å². The average molecular weight is 559 g/mol. The summed E-state index contributed by atoms with van der Waals surface area (Å²) >= 11 is 1.63. The number of aliphatic imine (C=N–C) groups is 1. The first kappa shape index (κ1) is 28.7. The largest absolute Gasteiger partial charge is 0.444 e. The van der Waals surface area contributed by atoms with Crippen molar-refractivity contribution in [2.45, 2.75) is 103 Å². The van der Waals surface area contributed by atoms with Crippen LogP contribution in [0.15, 0.2) is 34.8 Å². The van der Waals surface area contributed by atoms with Crippen molar-refractivity contribution < 1.29 is 18.8 Å². The van der Waals surface area contributed by atoms with E-state index >= 15 is 0 Å². The van der Waals surface area contributed by atoms with Crippen molar-refractivity contribution in [1.29, 1.82) is 0 Å². The third kappa shape index (κ3) is 5.98. The van der Waals surface area contributed by atoms with Crippen LogP contribution in [0.3, 0.4) is 0 Å². The molecule has 1 fully saturated rings.